The van der Waals surface area contributed by atoms with E-state index in [4.69, 9.17) is 0 Å². The number of hydrogen-bond acceptors (Lipinski definition) is 1. The molecule has 1 aliphatic carbocycles. The highest BCUT2D eigenvalue weighted by molar-refractivity contribution is 4.83. The second kappa shape index (κ2) is 3.09. The summed E-state index contributed by atoms with van der Waals surface area (Å²) in [7, 11) is 0. The fraction of sp³-hybridized carbons (Fsp3) is 0.667. The Hall–Kier alpha value is -0.930. The Bertz CT molecular complexity index is 269. The Morgan fingerprint density at radius 1 is 1.54 bits per heavy atom. The molecule has 1 atom stereocenters. The van der Waals surface area contributed by atoms with Gasteiger partial charge in [0, 0.05) is 31.8 Å². The molecule has 0 aliphatic heterocycles. The summed E-state index contributed by atoms with van der Waals surface area (Å²) in [5, 5.41) is 0. The van der Waals surface area contributed by atoms with Gasteiger partial charge in [0.25, 0.3) is 0 Å². The minimum absolute atomic E-state index is 0.0329. The average molecular weight is 186 g/mol. The van der Waals surface area contributed by atoms with Crippen molar-refractivity contribution in [2.24, 2.45) is 5.92 Å². The van der Waals surface area contributed by atoms with Gasteiger partial charge in [0.15, 0.2) is 0 Å². The number of aromatic nitrogens is 2. The highest BCUT2D eigenvalue weighted by atomic mass is 19.3. The lowest BCUT2D eigenvalue weighted by Gasteiger charge is -2.10. The molecule has 1 aromatic heterocycles. The summed E-state index contributed by atoms with van der Waals surface area (Å²) < 4.78 is 27.5. The molecule has 1 aromatic rings. The van der Waals surface area contributed by atoms with E-state index in [-0.39, 0.29) is 18.8 Å². The van der Waals surface area contributed by atoms with E-state index in [1.165, 1.54) is 0 Å². The number of hydrogen-bond donors (Lipinski definition) is 0. The highest BCUT2D eigenvalue weighted by Gasteiger charge is 2.39. The zero-order valence-corrected chi connectivity index (χ0v) is 7.29. The minimum Gasteiger partial charge on any atom is -0.337 e. The van der Waals surface area contributed by atoms with Gasteiger partial charge in [-0.25, -0.2) is 13.8 Å². The summed E-state index contributed by atoms with van der Waals surface area (Å²) in [4.78, 5) is 3.88. The van der Waals surface area contributed by atoms with Crippen LogP contribution in [0, 0.1) is 5.92 Å². The maximum atomic E-state index is 12.8. The molecule has 1 fully saturated rings. The monoisotopic (exact) mass is 186 g/mol. The quantitative estimate of drug-likeness (QED) is 0.693. The predicted octanol–water partition coefficient (Wildman–Crippen LogP) is 2.32. The second-order valence-electron chi connectivity index (χ2n) is 3.72. The first-order chi connectivity index (χ1) is 6.16. The zero-order chi connectivity index (χ0) is 9.31. The maximum Gasteiger partial charge on any atom is 0.248 e. The van der Waals surface area contributed by atoms with Crippen LogP contribution < -0.4 is 0 Å². The normalized spacial score (nSPS) is 26.5. The lowest BCUT2D eigenvalue weighted by Crippen LogP contribution is -2.12. The minimum atomic E-state index is -2.43. The molecule has 13 heavy (non-hydrogen) atoms. The van der Waals surface area contributed by atoms with Crippen molar-refractivity contribution in [3.8, 4) is 0 Å². The van der Waals surface area contributed by atoms with Crippen LogP contribution in [0.5, 0.6) is 0 Å². The van der Waals surface area contributed by atoms with Crippen LogP contribution in [0.3, 0.4) is 0 Å². The number of halogens is 2. The number of rotatable bonds is 2. The third-order valence-corrected chi connectivity index (χ3v) is 2.53. The first-order valence-electron chi connectivity index (χ1n) is 4.49. The topological polar surface area (TPSA) is 17.8 Å². The van der Waals surface area contributed by atoms with Gasteiger partial charge in [-0.1, -0.05) is 0 Å². The summed E-state index contributed by atoms with van der Waals surface area (Å²) in [6, 6.07) is 0. The van der Waals surface area contributed by atoms with Crippen LogP contribution in [-0.4, -0.2) is 15.5 Å². The van der Waals surface area contributed by atoms with Gasteiger partial charge in [-0.2, -0.15) is 0 Å². The Balaban J connectivity index is 1.91. The molecule has 0 bridgehead atoms. The Kier molecular flexibility index (Phi) is 2.06. The van der Waals surface area contributed by atoms with Gasteiger partial charge >= 0.3 is 0 Å². The van der Waals surface area contributed by atoms with Crippen LogP contribution in [0.25, 0.3) is 0 Å². The first-order valence-corrected chi connectivity index (χ1v) is 4.49. The number of imidazole rings is 1. The van der Waals surface area contributed by atoms with Gasteiger partial charge in [0.2, 0.25) is 5.92 Å². The molecular formula is C9H12F2N2. The van der Waals surface area contributed by atoms with E-state index in [1.54, 1.807) is 12.5 Å². The summed E-state index contributed by atoms with van der Waals surface area (Å²) in [6.07, 6.45) is 5.88. The van der Waals surface area contributed by atoms with E-state index < -0.39 is 5.92 Å². The molecule has 1 heterocycles. The summed E-state index contributed by atoms with van der Waals surface area (Å²) in [5.74, 6) is -2.31. The van der Waals surface area contributed by atoms with Crippen molar-refractivity contribution in [2.75, 3.05) is 0 Å². The Labute approximate surface area is 75.6 Å². The van der Waals surface area contributed by atoms with Crippen molar-refractivity contribution >= 4 is 0 Å². The van der Waals surface area contributed by atoms with Crippen molar-refractivity contribution in [1.29, 1.82) is 0 Å². The molecule has 1 unspecified atom stereocenters. The van der Waals surface area contributed by atoms with Crippen LogP contribution in [0.4, 0.5) is 8.78 Å². The first kappa shape index (κ1) is 8.66. The van der Waals surface area contributed by atoms with Crippen LogP contribution in [-0.2, 0) is 6.54 Å². The van der Waals surface area contributed by atoms with E-state index in [9.17, 15) is 8.78 Å². The van der Waals surface area contributed by atoms with Crippen LogP contribution in [0.15, 0.2) is 18.7 Å². The third kappa shape index (κ3) is 2.05. The van der Waals surface area contributed by atoms with Gasteiger partial charge in [0.05, 0.1) is 6.33 Å². The van der Waals surface area contributed by atoms with Gasteiger partial charge in [-0.15, -0.1) is 0 Å². The number of alkyl halides is 2. The van der Waals surface area contributed by atoms with E-state index in [1.807, 2.05) is 10.8 Å². The molecular weight excluding hydrogens is 174 g/mol. The Morgan fingerprint density at radius 2 is 2.38 bits per heavy atom. The zero-order valence-electron chi connectivity index (χ0n) is 7.29. The highest BCUT2D eigenvalue weighted by Crippen LogP contribution is 2.39. The van der Waals surface area contributed by atoms with E-state index in [0.29, 0.717) is 13.0 Å². The molecule has 0 amide bonds. The van der Waals surface area contributed by atoms with Crippen molar-refractivity contribution in [1.82, 2.24) is 9.55 Å². The smallest absolute Gasteiger partial charge is 0.248 e. The molecule has 0 saturated heterocycles. The van der Waals surface area contributed by atoms with Gasteiger partial charge < -0.3 is 4.57 Å². The lowest BCUT2D eigenvalue weighted by atomic mass is 10.1. The molecule has 0 radical (unpaired) electrons. The summed E-state index contributed by atoms with van der Waals surface area (Å²) in [6.45, 7) is 0.676. The van der Waals surface area contributed by atoms with Crippen molar-refractivity contribution < 1.29 is 8.78 Å². The molecule has 0 N–H and O–H groups in total. The van der Waals surface area contributed by atoms with E-state index in [0.717, 1.165) is 0 Å². The molecule has 0 aromatic carbocycles. The summed E-state index contributed by atoms with van der Waals surface area (Å²) >= 11 is 0. The SMILES string of the molecule is FC1(F)CCC(Cn2ccnc2)C1. The second-order valence-corrected chi connectivity index (χ2v) is 3.72. The maximum absolute atomic E-state index is 12.8. The predicted molar refractivity (Wildman–Crippen MR) is 44.5 cm³/mol. The van der Waals surface area contributed by atoms with Crippen LogP contribution >= 0.6 is 0 Å². The molecule has 1 aliphatic rings. The standard InChI is InChI=1S/C9H12F2N2/c10-9(11)2-1-8(5-9)6-13-4-3-12-7-13/h3-4,7-8H,1-2,5-6H2. The van der Waals surface area contributed by atoms with E-state index in [2.05, 4.69) is 4.98 Å². The lowest BCUT2D eigenvalue weighted by molar-refractivity contribution is 0.00436. The van der Waals surface area contributed by atoms with Crippen molar-refractivity contribution in [3.63, 3.8) is 0 Å². The molecule has 72 valence electrons. The van der Waals surface area contributed by atoms with E-state index >= 15 is 0 Å². The molecule has 0 spiro atoms. The summed E-state index contributed by atoms with van der Waals surface area (Å²) in [5.41, 5.74) is 0. The third-order valence-electron chi connectivity index (χ3n) is 2.53. The molecule has 1 saturated carbocycles. The fourth-order valence-corrected chi connectivity index (χ4v) is 1.89. The largest absolute Gasteiger partial charge is 0.337 e. The van der Waals surface area contributed by atoms with Crippen LogP contribution in [0.1, 0.15) is 19.3 Å². The molecule has 2 rings (SSSR count). The number of nitrogens with zero attached hydrogens (tertiary/aromatic N) is 2. The Morgan fingerprint density at radius 3 is 2.92 bits per heavy atom. The van der Waals surface area contributed by atoms with Gasteiger partial charge in [-0.3, -0.25) is 0 Å². The van der Waals surface area contributed by atoms with Gasteiger partial charge in [-0.05, 0) is 12.3 Å². The molecule has 4 heteroatoms. The fourth-order valence-electron chi connectivity index (χ4n) is 1.89. The average Bonchev–Trinajstić information content (AvgIpc) is 2.61. The molecule has 2 nitrogen and oxygen atoms in total. The van der Waals surface area contributed by atoms with Gasteiger partial charge in [0.1, 0.15) is 0 Å². The van der Waals surface area contributed by atoms with Crippen molar-refractivity contribution in [3.05, 3.63) is 18.7 Å². The van der Waals surface area contributed by atoms with Crippen molar-refractivity contribution in [2.45, 2.75) is 31.7 Å². The van der Waals surface area contributed by atoms with Crippen LogP contribution in [0.2, 0.25) is 0 Å².